The van der Waals surface area contributed by atoms with Crippen LogP contribution >= 0.6 is 11.8 Å². The highest BCUT2D eigenvalue weighted by Crippen LogP contribution is 2.34. The van der Waals surface area contributed by atoms with Gasteiger partial charge in [-0.25, -0.2) is 0 Å². The van der Waals surface area contributed by atoms with Crippen molar-refractivity contribution < 1.29 is 9.53 Å². The first kappa shape index (κ1) is 17.0. The van der Waals surface area contributed by atoms with Gasteiger partial charge in [-0.1, -0.05) is 17.8 Å². The lowest BCUT2D eigenvalue weighted by Crippen LogP contribution is -2.30. The molecule has 0 radical (unpaired) electrons. The molecule has 128 valence electrons. The van der Waals surface area contributed by atoms with Crippen LogP contribution in [0.15, 0.2) is 35.7 Å². The van der Waals surface area contributed by atoms with Gasteiger partial charge in [0.15, 0.2) is 5.16 Å². The minimum Gasteiger partial charge on any atom is -0.375 e. The fourth-order valence-corrected chi connectivity index (χ4v) is 4.40. The zero-order valence-corrected chi connectivity index (χ0v) is 14.9. The molecule has 0 aliphatic carbocycles. The maximum Gasteiger partial charge on any atom is 0.221 e. The molecule has 7 heteroatoms. The van der Waals surface area contributed by atoms with E-state index in [-0.39, 0.29) is 18.1 Å². The van der Waals surface area contributed by atoms with E-state index in [0.717, 1.165) is 29.4 Å². The average molecular weight is 346 g/mol. The molecule has 1 amide bonds. The largest absolute Gasteiger partial charge is 0.375 e. The third-order valence-corrected chi connectivity index (χ3v) is 5.09. The Morgan fingerprint density at radius 2 is 2.08 bits per heavy atom. The molecule has 24 heavy (non-hydrogen) atoms. The number of aromatic nitrogens is 3. The first-order valence-electron chi connectivity index (χ1n) is 8.11. The lowest BCUT2D eigenvalue weighted by molar-refractivity contribution is -0.114. The number of hydrogen-bond acceptors (Lipinski definition) is 5. The van der Waals surface area contributed by atoms with Gasteiger partial charge >= 0.3 is 0 Å². The Morgan fingerprint density at radius 1 is 1.33 bits per heavy atom. The number of benzene rings is 1. The number of nitrogens with zero attached hydrogens (tertiary/aromatic N) is 3. The molecule has 2 aromatic rings. The van der Waals surface area contributed by atoms with Crippen LogP contribution in [0.3, 0.4) is 0 Å². The van der Waals surface area contributed by atoms with Gasteiger partial charge in [0.05, 0.1) is 17.9 Å². The second-order valence-corrected chi connectivity index (χ2v) is 7.45. The summed E-state index contributed by atoms with van der Waals surface area (Å²) in [6.07, 6.45) is 4.26. The molecule has 1 aromatic carbocycles. The van der Waals surface area contributed by atoms with E-state index in [9.17, 15) is 4.79 Å². The number of anilines is 1. The number of thioether (sulfide) groups is 1. The van der Waals surface area contributed by atoms with Crippen LogP contribution in [0.5, 0.6) is 0 Å². The molecule has 1 saturated heterocycles. The molecule has 1 aliphatic rings. The summed E-state index contributed by atoms with van der Waals surface area (Å²) in [6, 6.07) is 7.68. The van der Waals surface area contributed by atoms with Gasteiger partial charge in [0.1, 0.15) is 6.33 Å². The van der Waals surface area contributed by atoms with Crippen LogP contribution in [-0.4, -0.2) is 38.1 Å². The molecule has 0 spiro atoms. The Kier molecular flexibility index (Phi) is 5.20. The molecular weight excluding hydrogens is 324 g/mol. The van der Waals surface area contributed by atoms with Gasteiger partial charge in [0, 0.05) is 17.9 Å². The maximum atomic E-state index is 11.2. The second-order valence-electron chi connectivity index (χ2n) is 6.18. The van der Waals surface area contributed by atoms with Gasteiger partial charge in [-0.05, 0) is 44.9 Å². The van der Waals surface area contributed by atoms with Crippen molar-refractivity contribution in [1.29, 1.82) is 0 Å². The summed E-state index contributed by atoms with van der Waals surface area (Å²) in [5.74, 6) is -0.0873. The van der Waals surface area contributed by atoms with Gasteiger partial charge in [-0.2, -0.15) is 0 Å². The van der Waals surface area contributed by atoms with E-state index < -0.39 is 0 Å². The van der Waals surface area contributed by atoms with Crippen molar-refractivity contribution in [1.82, 2.24) is 14.8 Å². The minimum absolute atomic E-state index is 0.0873. The maximum absolute atomic E-state index is 11.2. The molecular formula is C17H22N4O2S. The molecule has 3 rings (SSSR count). The molecule has 6 nitrogen and oxygen atoms in total. The summed E-state index contributed by atoms with van der Waals surface area (Å²) in [6.45, 7) is 5.73. The van der Waals surface area contributed by atoms with Gasteiger partial charge in [-0.3, -0.25) is 9.36 Å². The van der Waals surface area contributed by atoms with Crippen molar-refractivity contribution in [2.75, 3.05) is 5.32 Å². The molecule has 2 atom stereocenters. The molecule has 1 fully saturated rings. The Bertz CT molecular complexity index is 708. The van der Waals surface area contributed by atoms with Crippen molar-refractivity contribution in [3.8, 4) is 5.69 Å². The molecule has 1 aromatic heterocycles. The van der Waals surface area contributed by atoms with Crippen LogP contribution in [0.4, 0.5) is 5.69 Å². The summed E-state index contributed by atoms with van der Waals surface area (Å²) in [5, 5.41) is 12.5. The van der Waals surface area contributed by atoms with Gasteiger partial charge in [-0.15, -0.1) is 10.2 Å². The van der Waals surface area contributed by atoms with Gasteiger partial charge in [0.25, 0.3) is 0 Å². The normalized spacial score (nSPS) is 23.9. The smallest absolute Gasteiger partial charge is 0.221 e. The summed E-state index contributed by atoms with van der Waals surface area (Å²) in [5.41, 5.74) is 1.69. The highest BCUT2D eigenvalue weighted by Gasteiger charge is 2.26. The second kappa shape index (κ2) is 7.36. The lowest BCUT2D eigenvalue weighted by atomic mass is 10.1. The summed E-state index contributed by atoms with van der Waals surface area (Å²) in [4.78, 5) is 11.2. The van der Waals surface area contributed by atoms with Crippen molar-refractivity contribution in [2.24, 2.45) is 0 Å². The van der Waals surface area contributed by atoms with Crippen LogP contribution in [0.1, 0.15) is 33.6 Å². The van der Waals surface area contributed by atoms with E-state index in [1.165, 1.54) is 6.92 Å². The standard InChI is InChI=1S/C17H22N4O2S/c1-11-7-16(8-12(2)23-11)24-17-20-18-10-21(17)15-6-4-5-14(9-15)19-13(3)22/h4-6,9-12,16H,7-8H2,1-3H3,(H,19,22). The first-order chi connectivity index (χ1) is 11.5. The van der Waals surface area contributed by atoms with Crippen molar-refractivity contribution in [2.45, 2.75) is 56.2 Å². The predicted molar refractivity (Wildman–Crippen MR) is 94.6 cm³/mol. The Labute approximate surface area is 146 Å². The molecule has 0 bridgehead atoms. The van der Waals surface area contributed by atoms with Gasteiger partial charge < -0.3 is 10.1 Å². The number of rotatable bonds is 4. The highest BCUT2D eigenvalue weighted by molar-refractivity contribution is 7.99. The number of carbonyl (C=O) groups excluding carboxylic acids is 1. The number of nitrogens with one attached hydrogen (secondary N) is 1. The fraction of sp³-hybridized carbons (Fsp3) is 0.471. The van der Waals surface area contributed by atoms with Crippen LogP contribution in [0.25, 0.3) is 5.69 Å². The van der Waals surface area contributed by atoms with E-state index in [1.54, 1.807) is 18.1 Å². The molecule has 2 unspecified atom stereocenters. The minimum atomic E-state index is -0.0873. The zero-order chi connectivity index (χ0) is 17.1. The SMILES string of the molecule is CC(=O)Nc1cccc(-n2cnnc2SC2CC(C)OC(C)C2)c1. The zero-order valence-electron chi connectivity index (χ0n) is 14.1. The molecule has 0 saturated carbocycles. The molecule has 1 aliphatic heterocycles. The van der Waals surface area contributed by atoms with Gasteiger partial charge in [0.2, 0.25) is 5.91 Å². The Balaban J connectivity index is 1.79. The van der Waals surface area contributed by atoms with E-state index in [2.05, 4.69) is 29.4 Å². The van der Waals surface area contributed by atoms with Crippen LogP contribution in [-0.2, 0) is 9.53 Å². The monoisotopic (exact) mass is 346 g/mol. The number of ether oxygens (including phenoxy) is 1. The predicted octanol–water partition coefficient (Wildman–Crippen LogP) is 3.27. The highest BCUT2D eigenvalue weighted by atomic mass is 32.2. The Morgan fingerprint density at radius 3 is 2.79 bits per heavy atom. The van der Waals surface area contributed by atoms with E-state index in [1.807, 2.05) is 28.8 Å². The lowest BCUT2D eigenvalue weighted by Gasteiger charge is -2.31. The van der Waals surface area contributed by atoms with Crippen molar-refractivity contribution in [3.05, 3.63) is 30.6 Å². The van der Waals surface area contributed by atoms with Crippen LogP contribution < -0.4 is 5.32 Å². The van der Waals surface area contributed by atoms with Crippen LogP contribution in [0.2, 0.25) is 0 Å². The van der Waals surface area contributed by atoms with E-state index in [4.69, 9.17) is 4.74 Å². The average Bonchev–Trinajstić information content (AvgIpc) is 2.94. The summed E-state index contributed by atoms with van der Waals surface area (Å²) >= 11 is 1.74. The third-order valence-electron chi connectivity index (χ3n) is 3.89. The Hall–Kier alpha value is -1.86. The van der Waals surface area contributed by atoms with Crippen LogP contribution in [0, 0.1) is 0 Å². The van der Waals surface area contributed by atoms with Crippen molar-refractivity contribution >= 4 is 23.4 Å². The summed E-state index contributed by atoms with van der Waals surface area (Å²) in [7, 11) is 0. The molecule has 2 heterocycles. The number of hydrogen-bond donors (Lipinski definition) is 1. The quantitative estimate of drug-likeness (QED) is 0.920. The number of carbonyl (C=O) groups is 1. The third kappa shape index (κ3) is 4.15. The van der Waals surface area contributed by atoms with Crippen molar-refractivity contribution in [3.63, 3.8) is 0 Å². The van der Waals surface area contributed by atoms with E-state index in [0.29, 0.717) is 5.25 Å². The first-order valence-corrected chi connectivity index (χ1v) is 8.99. The topological polar surface area (TPSA) is 69.0 Å². The van der Waals surface area contributed by atoms with E-state index >= 15 is 0 Å². The molecule has 1 N–H and O–H groups in total. The number of amides is 1. The summed E-state index contributed by atoms with van der Waals surface area (Å²) < 4.78 is 7.77. The fourth-order valence-electron chi connectivity index (χ4n) is 3.01.